The number of anilines is 1. The van der Waals surface area contributed by atoms with E-state index >= 15 is 0 Å². The van der Waals surface area contributed by atoms with E-state index in [0.29, 0.717) is 28.4 Å². The van der Waals surface area contributed by atoms with Gasteiger partial charge in [-0.2, -0.15) is 9.37 Å². The number of imidazole rings is 1. The van der Waals surface area contributed by atoms with Gasteiger partial charge < -0.3 is 5.73 Å². The molecule has 0 aliphatic heterocycles. The number of rotatable bonds is 3. The van der Waals surface area contributed by atoms with Crippen LogP contribution < -0.4 is 5.73 Å². The number of hydrogen-bond acceptors (Lipinski definition) is 4. The quantitative estimate of drug-likeness (QED) is 0.580. The molecule has 3 aromatic heterocycles. The van der Waals surface area contributed by atoms with Crippen molar-refractivity contribution in [3.8, 4) is 17.1 Å². The van der Waals surface area contributed by atoms with Crippen molar-refractivity contribution in [3.63, 3.8) is 0 Å². The van der Waals surface area contributed by atoms with Crippen LogP contribution in [0.25, 0.3) is 28.2 Å². The number of aryl methyl sites for hydroxylation is 1. The van der Waals surface area contributed by atoms with Crippen LogP contribution in [-0.4, -0.2) is 19.5 Å². The summed E-state index contributed by atoms with van der Waals surface area (Å²) in [4.78, 5) is 12.8. The summed E-state index contributed by atoms with van der Waals surface area (Å²) >= 11 is 0. The minimum absolute atomic E-state index is 0.365. The number of benzene rings is 1. The van der Waals surface area contributed by atoms with Crippen LogP contribution >= 0.6 is 0 Å². The van der Waals surface area contributed by atoms with Crippen LogP contribution in [-0.2, 0) is 6.42 Å². The fourth-order valence-electron chi connectivity index (χ4n) is 2.85. The van der Waals surface area contributed by atoms with Gasteiger partial charge >= 0.3 is 0 Å². The standard InChI is InChI=1S/C19H16FN5/c1-2-12-5-7-13(8-6-12)25-18(14-4-3-11-22-17(14)21)23-15-9-10-16(20)24-19(15)25/h3-11H,2H2,1H3,(H2,21,22). The smallest absolute Gasteiger partial charge is 0.214 e. The van der Waals surface area contributed by atoms with Crippen LogP contribution in [0.15, 0.2) is 54.7 Å². The number of halogens is 1. The summed E-state index contributed by atoms with van der Waals surface area (Å²) in [6, 6.07) is 14.6. The van der Waals surface area contributed by atoms with E-state index in [1.54, 1.807) is 18.3 Å². The highest BCUT2D eigenvalue weighted by molar-refractivity contribution is 5.82. The van der Waals surface area contributed by atoms with Gasteiger partial charge in [0.2, 0.25) is 5.95 Å². The second kappa shape index (κ2) is 5.98. The van der Waals surface area contributed by atoms with Crippen LogP contribution in [0, 0.1) is 5.95 Å². The zero-order valence-corrected chi connectivity index (χ0v) is 13.6. The van der Waals surface area contributed by atoms with E-state index in [1.165, 1.54) is 11.6 Å². The van der Waals surface area contributed by atoms with Gasteiger partial charge in [-0.05, 0) is 48.4 Å². The Morgan fingerprint density at radius 2 is 1.84 bits per heavy atom. The molecule has 0 atom stereocenters. The Kier molecular flexibility index (Phi) is 3.65. The fraction of sp³-hybridized carbons (Fsp3) is 0.105. The summed E-state index contributed by atoms with van der Waals surface area (Å²) in [6.45, 7) is 2.10. The molecule has 25 heavy (non-hydrogen) atoms. The van der Waals surface area contributed by atoms with Crippen molar-refractivity contribution >= 4 is 17.0 Å². The second-order valence-corrected chi connectivity index (χ2v) is 5.70. The molecule has 3 heterocycles. The highest BCUT2D eigenvalue weighted by atomic mass is 19.1. The highest BCUT2D eigenvalue weighted by Gasteiger charge is 2.18. The first-order chi connectivity index (χ1) is 12.2. The number of nitrogen functional groups attached to an aromatic ring is 1. The van der Waals surface area contributed by atoms with E-state index in [2.05, 4.69) is 21.9 Å². The third-order valence-corrected chi connectivity index (χ3v) is 4.15. The van der Waals surface area contributed by atoms with Crippen LogP contribution in [0.4, 0.5) is 10.2 Å². The van der Waals surface area contributed by atoms with E-state index in [4.69, 9.17) is 5.73 Å². The van der Waals surface area contributed by atoms with Crippen molar-refractivity contribution in [1.29, 1.82) is 0 Å². The third kappa shape index (κ3) is 2.61. The van der Waals surface area contributed by atoms with Crippen molar-refractivity contribution in [2.45, 2.75) is 13.3 Å². The molecule has 0 aliphatic carbocycles. The minimum Gasteiger partial charge on any atom is -0.383 e. The highest BCUT2D eigenvalue weighted by Crippen LogP contribution is 2.30. The van der Waals surface area contributed by atoms with Gasteiger partial charge in [0.25, 0.3) is 0 Å². The van der Waals surface area contributed by atoms with Crippen LogP contribution in [0.2, 0.25) is 0 Å². The summed E-state index contributed by atoms with van der Waals surface area (Å²) in [7, 11) is 0. The average molecular weight is 333 g/mol. The topological polar surface area (TPSA) is 69.6 Å². The van der Waals surface area contributed by atoms with Crippen molar-refractivity contribution < 1.29 is 4.39 Å². The molecule has 0 amide bonds. The largest absolute Gasteiger partial charge is 0.383 e. The van der Waals surface area contributed by atoms with Gasteiger partial charge in [-0.15, -0.1) is 0 Å². The molecule has 0 spiro atoms. The van der Waals surface area contributed by atoms with E-state index < -0.39 is 5.95 Å². The molecule has 0 radical (unpaired) electrons. The maximum atomic E-state index is 13.8. The monoisotopic (exact) mass is 333 g/mol. The van der Waals surface area contributed by atoms with Gasteiger partial charge in [0.15, 0.2) is 11.5 Å². The maximum Gasteiger partial charge on any atom is 0.214 e. The van der Waals surface area contributed by atoms with Crippen LogP contribution in [0.3, 0.4) is 0 Å². The van der Waals surface area contributed by atoms with Gasteiger partial charge in [-0.3, -0.25) is 4.57 Å². The number of pyridine rings is 2. The molecular weight excluding hydrogens is 317 g/mol. The van der Waals surface area contributed by atoms with Gasteiger partial charge in [0, 0.05) is 11.9 Å². The van der Waals surface area contributed by atoms with Gasteiger partial charge in [-0.1, -0.05) is 19.1 Å². The van der Waals surface area contributed by atoms with Crippen LogP contribution in [0.5, 0.6) is 0 Å². The number of nitrogens with two attached hydrogens (primary N) is 1. The SMILES string of the molecule is CCc1ccc(-n2c(-c3cccnc3N)nc3ccc(F)nc32)cc1. The molecule has 124 valence electrons. The maximum absolute atomic E-state index is 13.8. The van der Waals surface area contributed by atoms with Crippen molar-refractivity contribution in [2.75, 3.05) is 5.73 Å². The first kappa shape index (κ1) is 15.3. The number of hydrogen-bond donors (Lipinski definition) is 1. The summed E-state index contributed by atoms with van der Waals surface area (Å²) in [5.41, 5.74) is 9.82. The summed E-state index contributed by atoms with van der Waals surface area (Å²) < 4.78 is 15.6. The van der Waals surface area contributed by atoms with E-state index in [-0.39, 0.29) is 0 Å². The number of fused-ring (bicyclic) bond motifs is 1. The average Bonchev–Trinajstić information content (AvgIpc) is 3.00. The predicted octanol–water partition coefficient (Wildman–Crippen LogP) is 3.77. The molecule has 0 aliphatic rings. The molecule has 0 unspecified atom stereocenters. The molecule has 5 nitrogen and oxygen atoms in total. The van der Waals surface area contributed by atoms with E-state index in [9.17, 15) is 4.39 Å². The first-order valence-corrected chi connectivity index (χ1v) is 8.02. The molecule has 0 fully saturated rings. The normalized spacial score (nSPS) is 11.1. The van der Waals surface area contributed by atoms with Gasteiger partial charge in [-0.25, -0.2) is 9.97 Å². The lowest BCUT2D eigenvalue weighted by Gasteiger charge is -2.10. The minimum atomic E-state index is -0.551. The Morgan fingerprint density at radius 1 is 1.04 bits per heavy atom. The van der Waals surface area contributed by atoms with Crippen molar-refractivity contribution in [3.05, 3.63) is 66.2 Å². The Balaban J connectivity index is 2.03. The Bertz CT molecular complexity index is 1050. The first-order valence-electron chi connectivity index (χ1n) is 8.02. The predicted molar refractivity (Wildman–Crippen MR) is 95.8 cm³/mol. The zero-order chi connectivity index (χ0) is 17.4. The number of nitrogens with zero attached hydrogens (tertiary/aromatic N) is 4. The summed E-state index contributed by atoms with van der Waals surface area (Å²) in [5.74, 6) is 0.400. The fourth-order valence-corrected chi connectivity index (χ4v) is 2.85. The molecule has 4 aromatic rings. The molecular formula is C19H16FN5. The molecule has 6 heteroatoms. The molecule has 4 rings (SSSR count). The Hall–Kier alpha value is -3.28. The molecule has 0 saturated heterocycles. The lowest BCUT2D eigenvalue weighted by atomic mass is 10.1. The molecule has 0 bridgehead atoms. The van der Waals surface area contributed by atoms with Gasteiger partial charge in [0.1, 0.15) is 11.3 Å². The Morgan fingerprint density at radius 3 is 2.56 bits per heavy atom. The second-order valence-electron chi connectivity index (χ2n) is 5.70. The number of aromatic nitrogens is 4. The Labute approximate surface area is 144 Å². The molecule has 2 N–H and O–H groups in total. The van der Waals surface area contributed by atoms with Crippen LogP contribution in [0.1, 0.15) is 12.5 Å². The molecule has 1 aromatic carbocycles. The summed E-state index contributed by atoms with van der Waals surface area (Å²) in [5, 5.41) is 0. The third-order valence-electron chi connectivity index (χ3n) is 4.15. The van der Waals surface area contributed by atoms with E-state index in [0.717, 1.165) is 12.1 Å². The van der Waals surface area contributed by atoms with Gasteiger partial charge in [0.05, 0.1) is 5.56 Å². The zero-order valence-electron chi connectivity index (χ0n) is 13.6. The summed E-state index contributed by atoms with van der Waals surface area (Å²) in [6.07, 6.45) is 2.57. The molecule has 0 saturated carbocycles. The lowest BCUT2D eigenvalue weighted by Crippen LogP contribution is -2.02. The van der Waals surface area contributed by atoms with E-state index in [1.807, 2.05) is 34.9 Å². The van der Waals surface area contributed by atoms with Crippen molar-refractivity contribution in [1.82, 2.24) is 19.5 Å². The van der Waals surface area contributed by atoms with Crippen molar-refractivity contribution in [2.24, 2.45) is 0 Å². The lowest BCUT2D eigenvalue weighted by molar-refractivity contribution is 0.587.